The van der Waals surface area contributed by atoms with Crippen molar-refractivity contribution in [1.29, 1.82) is 0 Å². The molecule has 1 fully saturated rings. The number of rotatable bonds is 3. The molecule has 5 heteroatoms. The Morgan fingerprint density at radius 2 is 1.81 bits per heavy atom. The van der Waals surface area contributed by atoms with E-state index in [1.807, 2.05) is 11.8 Å². The Morgan fingerprint density at radius 1 is 1.15 bits per heavy atom. The topological polar surface area (TPSA) is 43.8 Å². The molecule has 0 bridgehead atoms. The second-order valence-electron chi connectivity index (χ2n) is 7.83. The minimum Gasteiger partial charge on any atom is -0.392 e. The van der Waals surface area contributed by atoms with Crippen molar-refractivity contribution in [2.75, 3.05) is 31.1 Å². The number of hydrogen-bond acceptors (Lipinski definition) is 3. The standard InChI is InChI=1S/C22H25ClN2O2/c1-16(26)14-25-15-22(19-4-2-3-5-20(19)25)10-12-24(13-11-22)21(27)17-6-8-18(23)9-7-17/h2-9,16,26H,10-15H2,1H3. The lowest BCUT2D eigenvalue weighted by Crippen LogP contribution is -2.47. The molecule has 1 atom stereocenters. The number of carbonyl (C=O) groups excluding carboxylic acids is 1. The van der Waals surface area contributed by atoms with Gasteiger partial charge in [-0.1, -0.05) is 29.8 Å². The summed E-state index contributed by atoms with van der Waals surface area (Å²) in [5.74, 6) is 0.0774. The van der Waals surface area contributed by atoms with E-state index in [-0.39, 0.29) is 17.4 Å². The summed E-state index contributed by atoms with van der Waals surface area (Å²) in [6.45, 7) is 4.89. The zero-order chi connectivity index (χ0) is 19.0. The average Bonchev–Trinajstić information content (AvgIpc) is 2.95. The van der Waals surface area contributed by atoms with Crippen LogP contribution in [0.25, 0.3) is 0 Å². The smallest absolute Gasteiger partial charge is 0.253 e. The van der Waals surface area contributed by atoms with Crippen LogP contribution in [0, 0.1) is 0 Å². The number of para-hydroxylation sites is 1. The van der Waals surface area contributed by atoms with E-state index < -0.39 is 0 Å². The molecule has 1 spiro atoms. The van der Waals surface area contributed by atoms with Crippen LogP contribution < -0.4 is 4.90 Å². The van der Waals surface area contributed by atoms with Crippen LogP contribution in [0.15, 0.2) is 48.5 Å². The number of halogens is 1. The van der Waals surface area contributed by atoms with Crippen molar-refractivity contribution in [3.05, 3.63) is 64.7 Å². The van der Waals surface area contributed by atoms with E-state index in [0.29, 0.717) is 17.1 Å². The van der Waals surface area contributed by atoms with Gasteiger partial charge in [0.15, 0.2) is 0 Å². The maximum atomic E-state index is 12.8. The van der Waals surface area contributed by atoms with Crippen molar-refractivity contribution in [3.8, 4) is 0 Å². The minimum absolute atomic E-state index is 0.0717. The van der Waals surface area contributed by atoms with E-state index in [0.717, 1.165) is 32.5 Å². The lowest BCUT2D eigenvalue weighted by molar-refractivity contribution is 0.0673. The lowest BCUT2D eigenvalue weighted by atomic mass is 9.74. The van der Waals surface area contributed by atoms with E-state index in [1.165, 1.54) is 11.3 Å². The summed E-state index contributed by atoms with van der Waals surface area (Å²) in [6, 6.07) is 15.6. The van der Waals surface area contributed by atoms with Gasteiger partial charge in [0.2, 0.25) is 0 Å². The van der Waals surface area contributed by atoms with Crippen LogP contribution >= 0.6 is 11.6 Å². The Morgan fingerprint density at radius 3 is 2.48 bits per heavy atom. The first-order chi connectivity index (χ1) is 13.0. The molecule has 1 amide bonds. The fourth-order valence-corrected chi connectivity index (χ4v) is 4.68. The molecule has 2 heterocycles. The number of benzene rings is 2. The van der Waals surface area contributed by atoms with Gasteiger partial charge in [0.05, 0.1) is 6.10 Å². The van der Waals surface area contributed by atoms with Gasteiger partial charge in [-0.15, -0.1) is 0 Å². The van der Waals surface area contributed by atoms with Crippen molar-refractivity contribution in [3.63, 3.8) is 0 Å². The molecule has 0 aliphatic carbocycles. The second kappa shape index (κ2) is 7.17. The maximum absolute atomic E-state index is 12.8. The molecular formula is C22H25ClN2O2. The number of hydrogen-bond donors (Lipinski definition) is 1. The first kappa shape index (κ1) is 18.3. The number of fused-ring (bicyclic) bond motifs is 2. The van der Waals surface area contributed by atoms with E-state index in [1.54, 1.807) is 24.3 Å². The van der Waals surface area contributed by atoms with Crippen LogP contribution in [0.3, 0.4) is 0 Å². The number of likely N-dealkylation sites (tertiary alicyclic amines) is 1. The maximum Gasteiger partial charge on any atom is 0.253 e. The summed E-state index contributed by atoms with van der Waals surface area (Å²) in [5, 5.41) is 10.5. The Balaban J connectivity index is 1.51. The van der Waals surface area contributed by atoms with Crippen LogP contribution in [-0.4, -0.2) is 48.2 Å². The third-order valence-corrected chi connectivity index (χ3v) is 6.15. The molecule has 2 aliphatic rings. The number of carbonyl (C=O) groups is 1. The monoisotopic (exact) mass is 384 g/mol. The highest BCUT2D eigenvalue weighted by molar-refractivity contribution is 6.30. The summed E-state index contributed by atoms with van der Waals surface area (Å²) >= 11 is 5.93. The van der Waals surface area contributed by atoms with Crippen molar-refractivity contribution < 1.29 is 9.90 Å². The predicted molar refractivity (Wildman–Crippen MR) is 109 cm³/mol. The Hall–Kier alpha value is -2.04. The van der Waals surface area contributed by atoms with E-state index >= 15 is 0 Å². The number of aliphatic hydroxyl groups is 1. The van der Waals surface area contributed by atoms with E-state index in [9.17, 15) is 9.90 Å². The van der Waals surface area contributed by atoms with Gasteiger partial charge in [0.1, 0.15) is 0 Å². The van der Waals surface area contributed by atoms with E-state index in [2.05, 4.69) is 29.2 Å². The van der Waals surface area contributed by atoms with Crippen LogP contribution in [0.5, 0.6) is 0 Å². The summed E-state index contributed by atoms with van der Waals surface area (Å²) < 4.78 is 0. The molecule has 0 saturated carbocycles. The number of nitrogens with zero attached hydrogens (tertiary/aromatic N) is 2. The fraction of sp³-hybridized carbons (Fsp3) is 0.409. The van der Waals surface area contributed by atoms with Gasteiger partial charge in [-0.3, -0.25) is 4.79 Å². The minimum atomic E-state index is -0.361. The number of β-amino-alcohol motifs (C(OH)–C–C–N with tert-alkyl or cyclic N) is 1. The van der Waals surface area contributed by atoms with E-state index in [4.69, 9.17) is 11.6 Å². The predicted octanol–water partition coefficient (Wildman–Crippen LogP) is 3.71. The van der Waals surface area contributed by atoms with Gasteiger partial charge in [0, 0.05) is 47.9 Å². The first-order valence-electron chi connectivity index (χ1n) is 9.56. The highest BCUT2D eigenvalue weighted by Gasteiger charge is 2.45. The summed E-state index contributed by atoms with van der Waals surface area (Å²) in [7, 11) is 0. The van der Waals surface area contributed by atoms with Crippen molar-refractivity contribution >= 4 is 23.2 Å². The number of anilines is 1. The first-order valence-corrected chi connectivity index (χ1v) is 9.94. The van der Waals surface area contributed by atoms with Gasteiger partial charge in [-0.2, -0.15) is 0 Å². The second-order valence-corrected chi connectivity index (χ2v) is 8.26. The van der Waals surface area contributed by atoms with Crippen LogP contribution in [0.2, 0.25) is 5.02 Å². The summed E-state index contributed by atoms with van der Waals surface area (Å²) in [5.41, 5.74) is 3.36. The van der Waals surface area contributed by atoms with Crippen LogP contribution in [0.1, 0.15) is 35.7 Å². The number of amides is 1. The molecule has 0 aromatic heterocycles. The highest BCUT2D eigenvalue weighted by atomic mass is 35.5. The molecule has 4 rings (SSSR count). The van der Waals surface area contributed by atoms with Crippen molar-refractivity contribution in [1.82, 2.24) is 4.90 Å². The van der Waals surface area contributed by atoms with Gasteiger partial charge >= 0.3 is 0 Å². The van der Waals surface area contributed by atoms with Crippen molar-refractivity contribution in [2.45, 2.75) is 31.3 Å². The quantitative estimate of drug-likeness (QED) is 0.877. The molecule has 1 unspecified atom stereocenters. The third-order valence-electron chi connectivity index (χ3n) is 5.89. The Kier molecular flexibility index (Phi) is 4.87. The largest absolute Gasteiger partial charge is 0.392 e. The molecule has 2 aliphatic heterocycles. The molecule has 27 heavy (non-hydrogen) atoms. The third kappa shape index (κ3) is 3.44. The summed E-state index contributed by atoms with van der Waals surface area (Å²) in [4.78, 5) is 17.1. The Bertz CT molecular complexity index is 826. The van der Waals surface area contributed by atoms with Crippen LogP contribution in [-0.2, 0) is 5.41 Å². The zero-order valence-electron chi connectivity index (χ0n) is 15.6. The number of piperidine rings is 1. The molecule has 2 aromatic carbocycles. The molecule has 0 radical (unpaired) electrons. The van der Waals surface area contributed by atoms with Crippen LogP contribution in [0.4, 0.5) is 5.69 Å². The highest BCUT2D eigenvalue weighted by Crippen LogP contribution is 2.47. The SMILES string of the molecule is CC(O)CN1CC2(CCN(C(=O)c3ccc(Cl)cc3)CC2)c2ccccc21. The fourth-order valence-electron chi connectivity index (χ4n) is 4.56. The molecule has 2 aromatic rings. The molecular weight excluding hydrogens is 360 g/mol. The van der Waals surface area contributed by atoms with Gasteiger partial charge in [-0.05, 0) is 55.7 Å². The molecule has 4 nitrogen and oxygen atoms in total. The number of aliphatic hydroxyl groups excluding tert-OH is 1. The zero-order valence-corrected chi connectivity index (χ0v) is 16.3. The lowest BCUT2D eigenvalue weighted by Gasteiger charge is -2.40. The van der Waals surface area contributed by atoms with Gasteiger partial charge in [-0.25, -0.2) is 0 Å². The van der Waals surface area contributed by atoms with Gasteiger partial charge in [0.25, 0.3) is 5.91 Å². The molecule has 1 saturated heterocycles. The molecule has 1 N–H and O–H groups in total. The van der Waals surface area contributed by atoms with Crippen molar-refractivity contribution in [2.24, 2.45) is 0 Å². The van der Waals surface area contributed by atoms with Gasteiger partial charge < -0.3 is 14.9 Å². The normalized spacial score (nSPS) is 19.2. The summed E-state index contributed by atoms with van der Waals surface area (Å²) in [6.07, 6.45) is 1.53. The molecule has 142 valence electrons. The Labute approximate surface area is 165 Å². The average molecular weight is 385 g/mol.